The van der Waals surface area contributed by atoms with E-state index >= 15 is 0 Å². The fourth-order valence-corrected chi connectivity index (χ4v) is 5.43. The largest absolute Gasteiger partial charge is 0.465 e. The SMILES string of the molecule is CCCc1cccc(CCC)c1OP(=O)(COS(C)(=O)=O)N[C@@H](C)C(=O)OCC. The van der Waals surface area contributed by atoms with Crippen LogP contribution >= 0.6 is 7.52 Å². The van der Waals surface area contributed by atoms with Gasteiger partial charge in [-0.15, -0.1) is 0 Å². The van der Waals surface area contributed by atoms with E-state index in [0.29, 0.717) is 18.6 Å². The second kappa shape index (κ2) is 11.7. The van der Waals surface area contributed by atoms with Crippen LogP contribution in [-0.2, 0) is 41.2 Å². The Hall–Kier alpha value is -1.41. The lowest BCUT2D eigenvalue weighted by atomic mass is 10.0. The number of benzene rings is 1. The van der Waals surface area contributed by atoms with Crippen molar-refractivity contribution in [3.63, 3.8) is 0 Å². The molecule has 0 saturated heterocycles. The number of esters is 1. The molecule has 0 aliphatic carbocycles. The summed E-state index contributed by atoms with van der Waals surface area (Å²) in [6, 6.07) is 4.70. The maximum Gasteiger partial charge on any atom is 0.344 e. The molecule has 0 aromatic heterocycles. The van der Waals surface area contributed by atoms with Crippen LogP contribution in [0.25, 0.3) is 0 Å². The Labute approximate surface area is 173 Å². The molecule has 29 heavy (non-hydrogen) atoms. The van der Waals surface area contributed by atoms with Crippen molar-refractivity contribution >= 4 is 23.6 Å². The van der Waals surface area contributed by atoms with Crippen LogP contribution in [0.4, 0.5) is 0 Å². The van der Waals surface area contributed by atoms with Gasteiger partial charge in [-0.3, -0.25) is 13.5 Å². The van der Waals surface area contributed by atoms with E-state index in [9.17, 15) is 17.8 Å². The van der Waals surface area contributed by atoms with E-state index in [1.807, 2.05) is 32.0 Å². The van der Waals surface area contributed by atoms with Crippen molar-refractivity contribution in [3.05, 3.63) is 29.3 Å². The Balaban J connectivity index is 3.29. The Morgan fingerprint density at radius 1 is 1.14 bits per heavy atom. The maximum atomic E-state index is 13.5. The highest BCUT2D eigenvalue weighted by molar-refractivity contribution is 7.86. The van der Waals surface area contributed by atoms with Crippen LogP contribution < -0.4 is 9.61 Å². The molecule has 0 aliphatic heterocycles. The van der Waals surface area contributed by atoms with Crippen LogP contribution in [0.2, 0.25) is 0 Å². The molecule has 0 bridgehead atoms. The number of rotatable bonds is 13. The van der Waals surface area contributed by atoms with Gasteiger partial charge in [0.25, 0.3) is 10.1 Å². The van der Waals surface area contributed by atoms with Gasteiger partial charge >= 0.3 is 13.5 Å². The fraction of sp³-hybridized carbons (Fsp3) is 0.632. The van der Waals surface area contributed by atoms with Gasteiger partial charge in [-0.2, -0.15) is 8.42 Å². The van der Waals surface area contributed by atoms with Gasteiger partial charge in [-0.25, -0.2) is 5.09 Å². The molecular formula is C19H32NO7PS. The minimum atomic E-state index is -3.92. The maximum absolute atomic E-state index is 13.5. The molecule has 1 rings (SSSR count). The summed E-state index contributed by atoms with van der Waals surface area (Å²) in [5, 5.41) is 2.61. The van der Waals surface area contributed by atoms with E-state index in [-0.39, 0.29) is 6.61 Å². The second-order valence-corrected chi connectivity index (χ2v) is 10.4. The van der Waals surface area contributed by atoms with Gasteiger partial charge < -0.3 is 9.26 Å². The summed E-state index contributed by atoms with van der Waals surface area (Å²) in [6.45, 7) is 7.33. The normalized spacial score (nSPS) is 14.8. The van der Waals surface area contributed by atoms with Crippen LogP contribution in [0.5, 0.6) is 5.75 Å². The van der Waals surface area contributed by atoms with E-state index in [1.54, 1.807) is 6.92 Å². The molecule has 1 aromatic rings. The van der Waals surface area contributed by atoms with Gasteiger partial charge in [0.15, 0.2) is 6.35 Å². The van der Waals surface area contributed by atoms with Crippen LogP contribution in [0.15, 0.2) is 18.2 Å². The van der Waals surface area contributed by atoms with Crippen LogP contribution in [0, 0.1) is 0 Å². The lowest BCUT2D eigenvalue weighted by Crippen LogP contribution is -2.35. The average Bonchev–Trinajstić information content (AvgIpc) is 2.63. The highest BCUT2D eigenvalue weighted by atomic mass is 32.2. The molecule has 0 amide bonds. The molecule has 2 atom stereocenters. The van der Waals surface area contributed by atoms with Crippen LogP contribution in [0.1, 0.15) is 51.7 Å². The summed E-state index contributed by atoms with van der Waals surface area (Å²) >= 11 is 0. The first kappa shape index (κ1) is 25.6. The first-order chi connectivity index (χ1) is 13.5. The van der Waals surface area contributed by atoms with Gasteiger partial charge in [0.05, 0.1) is 12.9 Å². The third kappa shape index (κ3) is 8.86. The zero-order valence-electron chi connectivity index (χ0n) is 17.8. The number of carbonyl (C=O) groups is 1. The molecule has 8 nitrogen and oxygen atoms in total. The van der Waals surface area contributed by atoms with Gasteiger partial charge in [-0.1, -0.05) is 44.9 Å². The quantitative estimate of drug-likeness (QED) is 0.276. The molecule has 166 valence electrons. The first-order valence-corrected chi connectivity index (χ1v) is 13.4. The number of aryl methyl sites for hydroxylation is 2. The van der Waals surface area contributed by atoms with Gasteiger partial charge in [-0.05, 0) is 37.8 Å². The highest BCUT2D eigenvalue weighted by Gasteiger charge is 2.33. The van der Waals surface area contributed by atoms with Crippen LogP contribution in [-0.4, -0.2) is 39.6 Å². The third-order valence-electron chi connectivity index (χ3n) is 3.92. The summed E-state index contributed by atoms with van der Waals surface area (Å²) in [7, 11) is -7.79. The zero-order chi connectivity index (χ0) is 22.1. The van der Waals surface area contributed by atoms with E-state index in [4.69, 9.17) is 13.4 Å². The summed E-state index contributed by atoms with van der Waals surface area (Å²) in [4.78, 5) is 12.0. The lowest BCUT2D eigenvalue weighted by Gasteiger charge is -2.25. The Morgan fingerprint density at radius 2 is 1.69 bits per heavy atom. The van der Waals surface area contributed by atoms with Gasteiger partial charge in [0, 0.05) is 0 Å². The van der Waals surface area contributed by atoms with Crippen molar-refractivity contribution in [2.75, 3.05) is 19.2 Å². The lowest BCUT2D eigenvalue weighted by molar-refractivity contribution is -0.144. The topological polar surface area (TPSA) is 108 Å². The van der Waals surface area contributed by atoms with Crippen molar-refractivity contribution in [1.82, 2.24) is 5.09 Å². The van der Waals surface area contributed by atoms with Gasteiger partial charge in [0.1, 0.15) is 11.8 Å². The molecule has 0 fully saturated rings. The number of carbonyl (C=O) groups excluding carboxylic acids is 1. The molecule has 1 unspecified atom stereocenters. The molecule has 0 aliphatic rings. The number of ether oxygens (including phenoxy) is 1. The summed E-state index contributed by atoms with van der Waals surface area (Å²) in [5.74, 6) is -0.175. The molecule has 0 saturated carbocycles. The zero-order valence-corrected chi connectivity index (χ0v) is 19.5. The molecule has 0 spiro atoms. The van der Waals surface area contributed by atoms with Crippen molar-refractivity contribution in [3.8, 4) is 5.75 Å². The minimum Gasteiger partial charge on any atom is -0.465 e. The molecule has 0 radical (unpaired) electrons. The van der Waals surface area contributed by atoms with E-state index in [0.717, 1.165) is 30.2 Å². The monoisotopic (exact) mass is 449 g/mol. The molecule has 10 heteroatoms. The molecule has 1 N–H and O–H groups in total. The highest BCUT2D eigenvalue weighted by Crippen LogP contribution is 2.46. The number of hydrogen-bond acceptors (Lipinski definition) is 7. The van der Waals surface area contributed by atoms with Crippen molar-refractivity contribution in [1.29, 1.82) is 0 Å². The Bertz CT molecular complexity index is 802. The standard InChI is InChI=1S/C19H32NO7PS/c1-6-10-16-12-9-13-17(11-7-2)18(16)27-28(22,14-26-29(5,23)24)20-15(4)19(21)25-8-3/h9,12-13,15H,6-8,10-11,14H2,1-5H3,(H,20,22)/t15-,28?/m0/s1. The predicted octanol–water partition coefficient (Wildman–Crippen LogP) is 3.64. The predicted molar refractivity (Wildman–Crippen MR) is 113 cm³/mol. The van der Waals surface area contributed by atoms with E-state index in [2.05, 4.69) is 5.09 Å². The first-order valence-electron chi connectivity index (χ1n) is 9.73. The van der Waals surface area contributed by atoms with Gasteiger partial charge in [0.2, 0.25) is 0 Å². The summed E-state index contributed by atoms with van der Waals surface area (Å²) in [6.07, 6.45) is 3.23. The number of hydrogen-bond donors (Lipinski definition) is 1. The van der Waals surface area contributed by atoms with E-state index < -0.39 is 36.0 Å². The average molecular weight is 450 g/mol. The molecule has 0 heterocycles. The van der Waals surface area contributed by atoms with Crippen LogP contribution in [0.3, 0.4) is 0 Å². The number of para-hydroxylation sites is 1. The van der Waals surface area contributed by atoms with E-state index in [1.165, 1.54) is 6.92 Å². The molecule has 1 aromatic carbocycles. The Morgan fingerprint density at radius 3 is 2.14 bits per heavy atom. The second-order valence-electron chi connectivity index (χ2n) is 6.72. The third-order valence-corrected chi connectivity index (χ3v) is 6.37. The summed E-state index contributed by atoms with van der Waals surface area (Å²) in [5.41, 5.74) is 1.73. The van der Waals surface area contributed by atoms with Crippen molar-refractivity contribution in [2.24, 2.45) is 0 Å². The smallest absolute Gasteiger partial charge is 0.344 e. The minimum absolute atomic E-state index is 0.163. The fourth-order valence-electron chi connectivity index (χ4n) is 2.71. The van der Waals surface area contributed by atoms with Crippen molar-refractivity contribution in [2.45, 2.75) is 59.4 Å². The number of nitrogens with one attached hydrogen (secondary N) is 1. The van der Waals surface area contributed by atoms with Crippen molar-refractivity contribution < 1.29 is 31.2 Å². The summed E-state index contributed by atoms with van der Waals surface area (Å²) < 4.78 is 52.1. The Kier molecular flexibility index (Phi) is 10.3. The molecular weight excluding hydrogens is 417 g/mol.